The van der Waals surface area contributed by atoms with Crippen LogP contribution in [-0.2, 0) is 28.6 Å². The molecule has 1 saturated carbocycles. The Hall–Kier alpha value is -3.62. The second-order valence-electron chi connectivity index (χ2n) is 10.8. The lowest BCUT2D eigenvalue weighted by atomic mass is 9.70. The van der Waals surface area contributed by atoms with Gasteiger partial charge in [-0.1, -0.05) is 42.8 Å². The van der Waals surface area contributed by atoms with Crippen molar-refractivity contribution in [3.05, 3.63) is 114 Å². The molecule has 3 aromatic heterocycles. The fourth-order valence-electron chi connectivity index (χ4n) is 6.16. The highest BCUT2D eigenvalue weighted by Gasteiger charge is 2.46. The van der Waals surface area contributed by atoms with Crippen molar-refractivity contribution in [3.63, 3.8) is 0 Å². The van der Waals surface area contributed by atoms with Crippen molar-refractivity contribution in [1.29, 1.82) is 0 Å². The quantitative estimate of drug-likeness (QED) is 0.296. The van der Waals surface area contributed by atoms with E-state index in [1.54, 1.807) is 29.0 Å². The Morgan fingerprint density at radius 2 is 1.87 bits per heavy atom. The average molecular weight is 540 g/mol. The van der Waals surface area contributed by atoms with Gasteiger partial charge in [-0.15, -0.1) is 0 Å². The summed E-state index contributed by atoms with van der Waals surface area (Å²) in [7, 11) is -3.56. The molecule has 0 amide bonds. The lowest BCUT2D eigenvalue weighted by molar-refractivity contribution is 0.221. The molecule has 2 aliphatic carbocycles. The van der Waals surface area contributed by atoms with Crippen molar-refractivity contribution in [1.82, 2.24) is 24.1 Å². The smallest absolute Gasteiger partial charge is 0.218 e. The maximum absolute atomic E-state index is 13.8. The SMILES string of the molecule is C[C@]12Cc3cnn(-c4ccccc4)c3C=C1CC[C@@H]2CN(CCc1ccccn1)S(=O)(=O)Cc1cccnc1. The third-order valence-electron chi connectivity index (χ3n) is 8.39. The van der Waals surface area contributed by atoms with Crippen molar-refractivity contribution in [2.75, 3.05) is 13.1 Å². The lowest BCUT2D eigenvalue weighted by Gasteiger charge is -2.38. The molecule has 0 N–H and O–H groups in total. The van der Waals surface area contributed by atoms with Gasteiger partial charge in [0.25, 0.3) is 0 Å². The first-order chi connectivity index (χ1) is 18.9. The molecule has 0 aliphatic heterocycles. The van der Waals surface area contributed by atoms with E-state index in [2.05, 4.69) is 35.1 Å². The molecule has 0 bridgehead atoms. The minimum Gasteiger partial charge on any atom is -0.264 e. The average Bonchev–Trinajstić information content (AvgIpc) is 3.50. The first kappa shape index (κ1) is 25.6. The number of aromatic nitrogens is 4. The zero-order valence-electron chi connectivity index (χ0n) is 22.1. The van der Waals surface area contributed by atoms with Gasteiger partial charge in [0.1, 0.15) is 0 Å². The van der Waals surface area contributed by atoms with Crippen LogP contribution in [0, 0.1) is 11.3 Å². The van der Waals surface area contributed by atoms with Gasteiger partial charge in [0, 0.05) is 43.8 Å². The number of fused-ring (bicyclic) bond motifs is 2. The molecule has 39 heavy (non-hydrogen) atoms. The van der Waals surface area contributed by atoms with Crippen molar-refractivity contribution in [3.8, 4) is 5.69 Å². The minimum absolute atomic E-state index is 0.0524. The van der Waals surface area contributed by atoms with E-state index in [1.807, 2.05) is 53.3 Å². The number of para-hydroxylation sites is 1. The normalized spacial score (nSPS) is 20.5. The molecule has 3 heterocycles. The molecule has 2 aliphatic rings. The molecular weight excluding hydrogens is 506 g/mol. The zero-order chi connectivity index (χ0) is 26.9. The molecule has 0 radical (unpaired) electrons. The first-order valence-electron chi connectivity index (χ1n) is 13.5. The van der Waals surface area contributed by atoms with Crippen LogP contribution in [0.5, 0.6) is 0 Å². The van der Waals surface area contributed by atoms with E-state index in [0.29, 0.717) is 25.1 Å². The second-order valence-corrected chi connectivity index (χ2v) is 12.8. The number of rotatable bonds is 9. The Labute approximate surface area is 230 Å². The Kier molecular flexibility index (Phi) is 6.91. The third-order valence-corrected chi connectivity index (χ3v) is 10.2. The fourth-order valence-corrected chi connectivity index (χ4v) is 7.71. The van der Waals surface area contributed by atoms with Crippen LogP contribution in [0.2, 0.25) is 0 Å². The van der Waals surface area contributed by atoms with Crippen LogP contribution in [-0.4, -0.2) is 45.6 Å². The van der Waals surface area contributed by atoms with Gasteiger partial charge in [0.05, 0.1) is 23.3 Å². The molecule has 6 rings (SSSR count). The summed E-state index contributed by atoms with van der Waals surface area (Å²) in [6, 6.07) is 19.6. The van der Waals surface area contributed by atoms with Crippen LogP contribution in [0.3, 0.4) is 0 Å². The number of hydrogen-bond acceptors (Lipinski definition) is 5. The molecule has 2 atom stereocenters. The predicted molar refractivity (Wildman–Crippen MR) is 152 cm³/mol. The van der Waals surface area contributed by atoms with Gasteiger partial charge in [-0.05, 0) is 78.1 Å². The number of nitrogens with zero attached hydrogens (tertiary/aromatic N) is 5. The van der Waals surface area contributed by atoms with Gasteiger partial charge < -0.3 is 0 Å². The van der Waals surface area contributed by atoms with Crippen LogP contribution < -0.4 is 0 Å². The highest BCUT2D eigenvalue weighted by molar-refractivity contribution is 7.88. The van der Waals surface area contributed by atoms with Crippen molar-refractivity contribution in [2.24, 2.45) is 11.3 Å². The summed E-state index contributed by atoms with van der Waals surface area (Å²) < 4.78 is 31.3. The Bertz CT molecular complexity index is 1570. The summed E-state index contributed by atoms with van der Waals surface area (Å²) in [5.41, 5.74) is 6.30. The van der Waals surface area contributed by atoms with Gasteiger partial charge in [-0.3, -0.25) is 9.97 Å². The Morgan fingerprint density at radius 1 is 1.03 bits per heavy atom. The van der Waals surface area contributed by atoms with E-state index in [4.69, 9.17) is 5.10 Å². The molecule has 7 nitrogen and oxygen atoms in total. The van der Waals surface area contributed by atoms with Crippen molar-refractivity contribution < 1.29 is 8.42 Å². The van der Waals surface area contributed by atoms with Crippen LogP contribution in [0.15, 0.2) is 91.0 Å². The van der Waals surface area contributed by atoms with E-state index in [-0.39, 0.29) is 17.1 Å². The molecule has 1 fully saturated rings. The van der Waals surface area contributed by atoms with Gasteiger partial charge in [0.15, 0.2) is 0 Å². The monoisotopic (exact) mass is 539 g/mol. The number of pyridine rings is 2. The molecule has 4 aromatic rings. The number of hydrogen-bond donors (Lipinski definition) is 0. The highest BCUT2D eigenvalue weighted by Crippen LogP contribution is 2.53. The summed E-state index contributed by atoms with van der Waals surface area (Å²) in [5, 5.41) is 4.71. The Balaban J connectivity index is 1.26. The predicted octanol–water partition coefficient (Wildman–Crippen LogP) is 5.09. The van der Waals surface area contributed by atoms with Gasteiger partial charge in [-0.2, -0.15) is 5.10 Å². The molecular formula is C31H33N5O2S. The highest BCUT2D eigenvalue weighted by atomic mass is 32.2. The van der Waals surface area contributed by atoms with E-state index in [9.17, 15) is 8.42 Å². The Morgan fingerprint density at radius 3 is 2.64 bits per heavy atom. The van der Waals surface area contributed by atoms with E-state index in [1.165, 1.54) is 11.1 Å². The summed E-state index contributed by atoms with van der Waals surface area (Å²) in [6.45, 7) is 3.21. The van der Waals surface area contributed by atoms with Crippen LogP contribution in [0.4, 0.5) is 0 Å². The van der Waals surface area contributed by atoms with E-state index < -0.39 is 10.0 Å². The summed E-state index contributed by atoms with van der Waals surface area (Å²) in [6.07, 6.45) is 12.7. The largest absolute Gasteiger partial charge is 0.264 e. The number of allylic oxidation sites excluding steroid dienone is 1. The molecule has 1 aromatic carbocycles. The second kappa shape index (κ2) is 10.5. The van der Waals surface area contributed by atoms with Gasteiger partial charge in [0.2, 0.25) is 10.0 Å². The molecule has 0 saturated heterocycles. The van der Waals surface area contributed by atoms with Crippen LogP contribution >= 0.6 is 0 Å². The van der Waals surface area contributed by atoms with Crippen LogP contribution in [0.1, 0.15) is 42.3 Å². The van der Waals surface area contributed by atoms with Crippen molar-refractivity contribution >= 4 is 16.1 Å². The molecule has 0 unspecified atom stereocenters. The topological polar surface area (TPSA) is 81.0 Å². The van der Waals surface area contributed by atoms with E-state index >= 15 is 0 Å². The van der Waals surface area contributed by atoms with Gasteiger partial charge >= 0.3 is 0 Å². The molecule has 200 valence electrons. The van der Waals surface area contributed by atoms with Gasteiger partial charge in [-0.25, -0.2) is 17.4 Å². The summed E-state index contributed by atoms with van der Waals surface area (Å²) >= 11 is 0. The molecule has 8 heteroatoms. The van der Waals surface area contributed by atoms with E-state index in [0.717, 1.165) is 36.3 Å². The number of benzene rings is 1. The third kappa shape index (κ3) is 5.18. The zero-order valence-corrected chi connectivity index (χ0v) is 23.0. The minimum atomic E-state index is -3.56. The first-order valence-corrected chi connectivity index (χ1v) is 15.1. The van der Waals surface area contributed by atoms with Crippen LogP contribution in [0.25, 0.3) is 11.8 Å². The lowest BCUT2D eigenvalue weighted by Crippen LogP contribution is -2.42. The molecule has 0 spiro atoms. The fraction of sp³-hybridized carbons (Fsp3) is 0.323. The maximum Gasteiger partial charge on any atom is 0.218 e. The van der Waals surface area contributed by atoms with Crippen molar-refractivity contribution in [2.45, 2.75) is 38.4 Å². The summed E-state index contributed by atoms with van der Waals surface area (Å²) in [4.78, 5) is 8.56. The maximum atomic E-state index is 13.8. The standard InChI is InChI=1S/C31H33N5O2S/c1-31-19-25-21-34-36(29-10-3-2-4-11-29)30(25)18-26(31)12-13-27(31)22-35(17-14-28-9-5-6-16-33-28)39(37,38)23-24-8-7-15-32-20-24/h2-11,15-16,18,20-21,27H,12-14,17,19,22-23H2,1H3/t27-,31+/m1/s1. The summed E-state index contributed by atoms with van der Waals surface area (Å²) in [5.74, 6) is 0.160. The number of sulfonamides is 1.